The molecule has 1 aliphatic heterocycles. The molecule has 0 radical (unpaired) electrons. The Kier molecular flexibility index (Phi) is 6.52. The molecule has 0 aliphatic carbocycles. The fraction of sp³-hybridized carbons (Fsp3) is 0.333. The summed E-state index contributed by atoms with van der Waals surface area (Å²) in [4.78, 5) is 26.8. The predicted molar refractivity (Wildman–Crippen MR) is 103 cm³/mol. The summed E-state index contributed by atoms with van der Waals surface area (Å²) in [6, 6.07) is 16.2. The van der Waals surface area contributed by atoms with E-state index in [2.05, 4.69) is 15.5 Å². The zero-order valence-corrected chi connectivity index (χ0v) is 14.9. The minimum Gasteiger partial charge on any atom is -0.325 e. The number of carbonyl (C=O) groups is 2. The minimum atomic E-state index is -0.0754. The summed E-state index contributed by atoms with van der Waals surface area (Å²) in [6.07, 6.45) is 2.56. The summed E-state index contributed by atoms with van der Waals surface area (Å²) >= 11 is 0. The molecule has 2 N–H and O–H groups in total. The van der Waals surface area contributed by atoms with Crippen LogP contribution in [0.1, 0.15) is 28.8 Å². The molecule has 1 aliphatic rings. The fourth-order valence-corrected chi connectivity index (χ4v) is 3.11. The predicted octanol–water partition coefficient (Wildman–Crippen LogP) is 2.54. The first-order chi connectivity index (χ1) is 12.7. The van der Waals surface area contributed by atoms with Crippen LogP contribution in [0.4, 0.5) is 5.69 Å². The van der Waals surface area contributed by atoms with E-state index in [1.807, 2.05) is 18.2 Å². The molecule has 2 aromatic carbocycles. The molecule has 2 aromatic rings. The van der Waals surface area contributed by atoms with Crippen molar-refractivity contribution < 1.29 is 9.59 Å². The number of nitrogens with one attached hydrogen (secondary N) is 2. The summed E-state index contributed by atoms with van der Waals surface area (Å²) < 4.78 is 0. The summed E-state index contributed by atoms with van der Waals surface area (Å²) in [5, 5.41) is 6.03. The zero-order chi connectivity index (χ0) is 18.2. The van der Waals surface area contributed by atoms with Gasteiger partial charge >= 0.3 is 0 Å². The lowest BCUT2D eigenvalue weighted by molar-refractivity contribution is -0.115. The number of hydrogen-bond acceptors (Lipinski definition) is 4. The van der Waals surface area contributed by atoms with Crippen molar-refractivity contribution >= 4 is 17.4 Å². The van der Waals surface area contributed by atoms with Gasteiger partial charge in [0.1, 0.15) is 0 Å². The van der Waals surface area contributed by atoms with E-state index in [0.717, 1.165) is 13.1 Å². The van der Waals surface area contributed by atoms with Gasteiger partial charge in [0.05, 0.1) is 6.54 Å². The molecule has 0 atom stereocenters. The van der Waals surface area contributed by atoms with Crippen LogP contribution in [0.5, 0.6) is 0 Å². The van der Waals surface area contributed by atoms with Crippen molar-refractivity contribution in [3.05, 3.63) is 65.7 Å². The molecule has 1 heterocycles. The van der Waals surface area contributed by atoms with Crippen molar-refractivity contribution in [3.63, 3.8) is 0 Å². The van der Waals surface area contributed by atoms with Crippen molar-refractivity contribution in [2.75, 3.05) is 38.0 Å². The Morgan fingerprint density at radius 3 is 2.23 bits per heavy atom. The third kappa shape index (κ3) is 5.25. The summed E-state index contributed by atoms with van der Waals surface area (Å²) in [7, 11) is 0. The number of carbonyl (C=O) groups excluding carboxylic acids is 2. The molecule has 1 amide bonds. The van der Waals surface area contributed by atoms with Crippen molar-refractivity contribution in [2.45, 2.75) is 12.8 Å². The van der Waals surface area contributed by atoms with Gasteiger partial charge < -0.3 is 15.5 Å². The zero-order valence-electron chi connectivity index (χ0n) is 14.9. The monoisotopic (exact) mass is 351 g/mol. The SMILES string of the molecule is O=C(CNCCN1CCCC1)Nc1ccc(C(=O)c2ccccc2)cc1. The molecule has 1 fully saturated rings. The van der Waals surface area contributed by atoms with Gasteiger partial charge in [-0.25, -0.2) is 0 Å². The molecule has 0 unspecified atom stereocenters. The molecule has 0 bridgehead atoms. The van der Waals surface area contributed by atoms with Crippen LogP contribution in [0.2, 0.25) is 0 Å². The number of nitrogens with zero attached hydrogens (tertiary/aromatic N) is 1. The highest BCUT2D eigenvalue weighted by Gasteiger charge is 2.11. The first-order valence-electron chi connectivity index (χ1n) is 9.15. The second-order valence-electron chi connectivity index (χ2n) is 6.55. The average Bonchev–Trinajstić information content (AvgIpc) is 3.19. The second kappa shape index (κ2) is 9.27. The van der Waals surface area contributed by atoms with Crippen molar-refractivity contribution in [1.82, 2.24) is 10.2 Å². The van der Waals surface area contributed by atoms with Crippen molar-refractivity contribution in [1.29, 1.82) is 0 Å². The van der Waals surface area contributed by atoms with Crippen LogP contribution >= 0.6 is 0 Å². The highest BCUT2D eigenvalue weighted by Crippen LogP contribution is 2.13. The molecule has 0 aromatic heterocycles. The molecule has 136 valence electrons. The smallest absolute Gasteiger partial charge is 0.238 e. The van der Waals surface area contributed by atoms with Gasteiger partial charge in [0.25, 0.3) is 0 Å². The van der Waals surface area contributed by atoms with Crippen LogP contribution in [0.15, 0.2) is 54.6 Å². The maximum atomic E-state index is 12.4. The maximum absolute atomic E-state index is 12.4. The quantitative estimate of drug-likeness (QED) is 0.567. The van der Waals surface area contributed by atoms with Gasteiger partial charge in [-0.05, 0) is 50.2 Å². The number of likely N-dealkylation sites (tertiary alicyclic amines) is 1. The molecule has 0 saturated carbocycles. The van der Waals surface area contributed by atoms with Gasteiger partial charge in [0, 0.05) is 29.9 Å². The third-order valence-corrected chi connectivity index (χ3v) is 4.56. The topological polar surface area (TPSA) is 61.4 Å². The summed E-state index contributed by atoms with van der Waals surface area (Å²) in [5.74, 6) is -0.0967. The number of hydrogen-bond donors (Lipinski definition) is 2. The Bertz CT molecular complexity index is 723. The van der Waals surface area contributed by atoms with E-state index in [1.54, 1.807) is 36.4 Å². The van der Waals surface area contributed by atoms with E-state index < -0.39 is 0 Å². The molecular formula is C21H25N3O2. The maximum Gasteiger partial charge on any atom is 0.238 e. The lowest BCUT2D eigenvalue weighted by Gasteiger charge is -2.14. The molecule has 5 heteroatoms. The Morgan fingerprint density at radius 2 is 1.54 bits per heavy atom. The summed E-state index contributed by atoms with van der Waals surface area (Å²) in [6.45, 7) is 4.43. The second-order valence-corrected chi connectivity index (χ2v) is 6.55. The first kappa shape index (κ1) is 18.3. The standard InChI is InChI=1S/C21H25N3O2/c25-20(16-22-12-15-24-13-4-5-14-24)23-19-10-8-18(9-11-19)21(26)17-6-2-1-3-7-17/h1-3,6-11,22H,4-5,12-16H2,(H,23,25). The molecule has 1 saturated heterocycles. The van der Waals surface area contributed by atoms with Crippen LogP contribution < -0.4 is 10.6 Å². The van der Waals surface area contributed by atoms with E-state index in [0.29, 0.717) is 23.4 Å². The van der Waals surface area contributed by atoms with Crippen LogP contribution in [-0.4, -0.2) is 49.3 Å². The number of rotatable bonds is 8. The van der Waals surface area contributed by atoms with Crippen molar-refractivity contribution in [3.8, 4) is 0 Å². The lowest BCUT2D eigenvalue weighted by Crippen LogP contribution is -2.34. The van der Waals surface area contributed by atoms with E-state index in [1.165, 1.54) is 25.9 Å². The van der Waals surface area contributed by atoms with Gasteiger partial charge in [-0.1, -0.05) is 30.3 Å². The summed E-state index contributed by atoms with van der Waals surface area (Å²) in [5.41, 5.74) is 1.96. The Hall–Kier alpha value is -2.50. The normalized spacial score (nSPS) is 14.3. The largest absolute Gasteiger partial charge is 0.325 e. The average molecular weight is 351 g/mol. The molecule has 26 heavy (non-hydrogen) atoms. The molecular weight excluding hydrogens is 326 g/mol. The first-order valence-corrected chi connectivity index (χ1v) is 9.15. The number of amides is 1. The van der Waals surface area contributed by atoms with Crippen LogP contribution in [0.25, 0.3) is 0 Å². The van der Waals surface area contributed by atoms with Gasteiger partial charge in [-0.15, -0.1) is 0 Å². The van der Waals surface area contributed by atoms with Gasteiger partial charge in [-0.3, -0.25) is 9.59 Å². The van der Waals surface area contributed by atoms with Gasteiger partial charge in [0.2, 0.25) is 5.91 Å². The third-order valence-electron chi connectivity index (χ3n) is 4.56. The van der Waals surface area contributed by atoms with Crippen LogP contribution in [0.3, 0.4) is 0 Å². The number of anilines is 1. The lowest BCUT2D eigenvalue weighted by atomic mass is 10.0. The van der Waals surface area contributed by atoms with Crippen molar-refractivity contribution in [2.24, 2.45) is 0 Å². The molecule has 3 rings (SSSR count). The Labute approximate surface area is 154 Å². The van der Waals surface area contributed by atoms with E-state index in [9.17, 15) is 9.59 Å². The van der Waals surface area contributed by atoms with Gasteiger partial charge in [0.15, 0.2) is 5.78 Å². The minimum absolute atomic E-state index is 0.0212. The molecule has 5 nitrogen and oxygen atoms in total. The number of ketones is 1. The van der Waals surface area contributed by atoms with E-state index in [-0.39, 0.29) is 11.7 Å². The highest BCUT2D eigenvalue weighted by molar-refractivity contribution is 6.09. The van der Waals surface area contributed by atoms with E-state index in [4.69, 9.17) is 0 Å². The highest BCUT2D eigenvalue weighted by atomic mass is 16.2. The number of benzene rings is 2. The molecule has 0 spiro atoms. The van der Waals surface area contributed by atoms with Crippen LogP contribution in [-0.2, 0) is 4.79 Å². The Morgan fingerprint density at radius 1 is 0.885 bits per heavy atom. The fourth-order valence-electron chi connectivity index (χ4n) is 3.11. The Balaban J connectivity index is 1.43. The van der Waals surface area contributed by atoms with Gasteiger partial charge in [-0.2, -0.15) is 0 Å². The van der Waals surface area contributed by atoms with E-state index >= 15 is 0 Å². The van der Waals surface area contributed by atoms with Crippen LogP contribution in [0, 0.1) is 0 Å².